The van der Waals surface area contributed by atoms with Crippen LogP contribution in [0.15, 0.2) is 22.7 Å². The lowest BCUT2D eigenvalue weighted by atomic mass is 10.1. The number of nitrogens with zero attached hydrogens (tertiary/aromatic N) is 1. The molecule has 1 aromatic carbocycles. The van der Waals surface area contributed by atoms with Gasteiger partial charge in [0.2, 0.25) is 15.0 Å². The van der Waals surface area contributed by atoms with E-state index in [4.69, 9.17) is 22.3 Å². The van der Waals surface area contributed by atoms with Crippen LogP contribution in [0.4, 0.5) is 5.69 Å². The van der Waals surface area contributed by atoms with Gasteiger partial charge in [-0.15, -0.1) is 0 Å². The van der Waals surface area contributed by atoms with E-state index in [1.54, 1.807) is 18.2 Å². The summed E-state index contributed by atoms with van der Waals surface area (Å²) >= 11 is 9.24. The van der Waals surface area contributed by atoms with Gasteiger partial charge in [0.1, 0.15) is 0 Å². The molecule has 0 spiro atoms. The summed E-state index contributed by atoms with van der Waals surface area (Å²) in [4.78, 5) is 13.5. The van der Waals surface area contributed by atoms with Gasteiger partial charge in [-0.2, -0.15) is 0 Å². The molecule has 1 amide bonds. The second-order valence-corrected chi connectivity index (χ2v) is 8.58. The number of anilines is 1. The molecule has 8 heteroatoms. The number of carbonyl (C=O) groups excluding carboxylic acids is 1. The van der Waals surface area contributed by atoms with Crippen LogP contribution >= 0.6 is 38.2 Å². The second kappa shape index (κ2) is 5.60. The predicted octanol–water partition coefficient (Wildman–Crippen LogP) is 3.02. The van der Waals surface area contributed by atoms with Crippen LogP contribution in [0.5, 0.6) is 0 Å². The van der Waals surface area contributed by atoms with Crippen molar-refractivity contribution in [3.63, 3.8) is 0 Å². The zero-order valence-corrected chi connectivity index (χ0v) is 13.6. The van der Waals surface area contributed by atoms with Crippen molar-refractivity contribution in [3.8, 4) is 0 Å². The van der Waals surface area contributed by atoms with E-state index in [1.807, 2.05) is 0 Å². The molecule has 1 unspecified atom stereocenters. The number of rotatable bonds is 3. The van der Waals surface area contributed by atoms with E-state index in [2.05, 4.69) is 15.9 Å². The Morgan fingerprint density at radius 2 is 2.05 bits per heavy atom. The maximum Gasteiger partial charge on any atom is 0.232 e. The van der Waals surface area contributed by atoms with Crippen LogP contribution in [0.1, 0.15) is 6.42 Å². The monoisotopic (exact) mass is 385 g/mol. The number of hydrogen-bond acceptors (Lipinski definition) is 3. The fourth-order valence-electron chi connectivity index (χ4n) is 2.12. The quantitative estimate of drug-likeness (QED) is 0.750. The van der Waals surface area contributed by atoms with Crippen LogP contribution in [0.2, 0.25) is 5.02 Å². The van der Waals surface area contributed by atoms with Gasteiger partial charge < -0.3 is 4.90 Å². The van der Waals surface area contributed by atoms with Crippen molar-refractivity contribution < 1.29 is 13.2 Å². The van der Waals surface area contributed by atoms with Crippen LogP contribution < -0.4 is 4.90 Å². The average Bonchev–Trinajstić information content (AvgIpc) is 2.54. The molecule has 104 valence electrons. The van der Waals surface area contributed by atoms with Crippen molar-refractivity contribution >= 4 is 58.9 Å². The maximum atomic E-state index is 11.9. The van der Waals surface area contributed by atoms with E-state index in [1.165, 1.54) is 4.90 Å². The number of hydrogen-bond donors (Lipinski definition) is 0. The Balaban J connectivity index is 2.20. The summed E-state index contributed by atoms with van der Waals surface area (Å²) < 4.78 is 22.9. The summed E-state index contributed by atoms with van der Waals surface area (Å²) in [5.74, 6) is -0.606. The van der Waals surface area contributed by atoms with Crippen molar-refractivity contribution in [2.24, 2.45) is 5.92 Å². The molecule has 1 aromatic rings. The summed E-state index contributed by atoms with van der Waals surface area (Å²) in [7, 11) is 1.62. The van der Waals surface area contributed by atoms with Crippen molar-refractivity contribution in [1.82, 2.24) is 0 Å². The molecule has 0 radical (unpaired) electrons. The summed E-state index contributed by atoms with van der Waals surface area (Å²) in [6.45, 7) is 0.331. The molecule has 0 bridgehead atoms. The zero-order chi connectivity index (χ0) is 14.2. The molecule has 0 aromatic heterocycles. The van der Waals surface area contributed by atoms with Gasteiger partial charge >= 0.3 is 0 Å². The van der Waals surface area contributed by atoms with Crippen LogP contribution in [0.25, 0.3) is 0 Å². The Labute approximate surface area is 129 Å². The smallest absolute Gasteiger partial charge is 0.232 e. The normalized spacial score (nSPS) is 20.1. The number of carbonyl (C=O) groups is 1. The van der Waals surface area contributed by atoms with Gasteiger partial charge in [-0.3, -0.25) is 4.79 Å². The van der Waals surface area contributed by atoms with Gasteiger partial charge in [0.05, 0.1) is 5.75 Å². The Morgan fingerprint density at radius 1 is 1.37 bits per heavy atom. The lowest BCUT2D eigenvalue weighted by molar-refractivity contribution is -0.117. The molecule has 0 aliphatic carbocycles. The molecule has 1 saturated heterocycles. The minimum Gasteiger partial charge on any atom is -0.312 e. The highest BCUT2D eigenvalue weighted by Crippen LogP contribution is 2.31. The van der Waals surface area contributed by atoms with E-state index in [0.29, 0.717) is 17.3 Å². The molecule has 0 N–H and O–H groups in total. The average molecular weight is 387 g/mol. The minimum atomic E-state index is -3.59. The van der Waals surface area contributed by atoms with Gasteiger partial charge in [0.15, 0.2) is 0 Å². The van der Waals surface area contributed by atoms with Crippen molar-refractivity contribution in [3.05, 3.63) is 27.7 Å². The van der Waals surface area contributed by atoms with Gasteiger partial charge in [-0.25, -0.2) is 8.42 Å². The molecule has 19 heavy (non-hydrogen) atoms. The van der Waals surface area contributed by atoms with Gasteiger partial charge in [0.25, 0.3) is 0 Å². The molecule has 1 aliphatic rings. The first-order valence-electron chi connectivity index (χ1n) is 5.43. The maximum absolute atomic E-state index is 11.9. The molecule has 4 nitrogen and oxygen atoms in total. The molecule has 1 fully saturated rings. The minimum absolute atomic E-state index is 0.125. The molecule has 1 atom stereocenters. The van der Waals surface area contributed by atoms with Crippen LogP contribution in [0, 0.1) is 5.92 Å². The van der Waals surface area contributed by atoms with Gasteiger partial charge in [0, 0.05) is 44.7 Å². The largest absolute Gasteiger partial charge is 0.312 e. The number of benzene rings is 1. The zero-order valence-electron chi connectivity index (χ0n) is 9.64. The van der Waals surface area contributed by atoms with E-state index >= 15 is 0 Å². The number of halogens is 3. The summed E-state index contributed by atoms with van der Waals surface area (Å²) in [5, 5.41) is 0.505. The van der Waals surface area contributed by atoms with E-state index in [-0.39, 0.29) is 24.0 Å². The predicted molar refractivity (Wildman–Crippen MR) is 79.3 cm³/mol. The first-order chi connectivity index (χ1) is 8.74. The molecular formula is C11H10BrCl2NO3S. The molecule has 2 rings (SSSR count). The fourth-order valence-corrected chi connectivity index (χ4v) is 4.28. The summed E-state index contributed by atoms with van der Waals surface area (Å²) in [6.07, 6.45) is 0.177. The second-order valence-electron chi connectivity index (χ2n) is 4.41. The third kappa shape index (κ3) is 4.08. The highest BCUT2D eigenvalue weighted by molar-refractivity contribution is 9.10. The third-order valence-electron chi connectivity index (χ3n) is 2.80. The highest BCUT2D eigenvalue weighted by Gasteiger charge is 2.33. The Hall–Kier alpha value is -0.300. The Kier molecular flexibility index (Phi) is 4.45. The van der Waals surface area contributed by atoms with Crippen LogP contribution in [0.3, 0.4) is 0 Å². The first-order valence-corrected chi connectivity index (χ1v) is 9.08. The topological polar surface area (TPSA) is 54.5 Å². The van der Waals surface area contributed by atoms with Gasteiger partial charge in [-0.1, -0.05) is 27.5 Å². The first kappa shape index (κ1) is 15.1. The third-order valence-corrected chi connectivity index (χ3v) is 4.72. The SMILES string of the molecule is O=C1CC(CS(=O)(=O)Cl)CN1c1cc(Cl)cc(Br)c1. The molecule has 0 saturated carbocycles. The summed E-state index contributed by atoms with van der Waals surface area (Å²) in [5.41, 5.74) is 0.652. The lowest BCUT2D eigenvalue weighted by Crippen LogP contribution is -2.25. The van der Waals surface area contributed by atoms with E-state index in [0.717, 1.165) is 4.47 Å². The molecule has 1 heterocycles. The fraction of sp³-hybridized carbons (Fsp3) is 0.364. The van der Waals surface area contributed by atoms with Crippen LogP contribution in [-0.4, -0.2) is 26.6 Å². The van der Waals surface area contributed by atoms with Crippen LogP contribution in [-0.2, 0) is 13.8 Å². The Bertz CT molecular complexity index is 600. The van der Waals surface area contributed by atoms with Crippen molar-refractivity contribution in [2.75, 3.05) is 17.2 Å². The molecular weight excluding hydrogens is 377 g/mol. The summed E-state index contributed by atoms with van der Waals surface area (Å²) in [6, 6.07) is 5.15. The highest BCUT2D eigenvalue weighted by atomic mass is 79.9. The molecule has 1 aliphatic heterocycles. The van der Waals surface area contributed by atoms with Gasteiger partial charge in [-0.05, 0) is 18.2 Å². The van der Waals surface area contributed by atoms with E-state index in [9.17, 15) is 13.2 Å². The van der Waals surface area contributed by atoms with Crippen molar-refractivity contribution in [1.29, 1.82) is 0 Å². The van der Waals surface area contributed by atoms with Crippen molar-refractivity contribution in [2.45, 2.75) is 6.42 Å². The Morgan fingerprint density at radius 3 is 2.63 bits per heavy atom. The lowest BCUT2D eigenvalue weighted by Gasteiger charge is -2.17. The van der Waals surface area contributed by atoms with E-state index < -0.39 is 9.05 Å². The standard InChI is InChI=1S/C11H10BrCl2NO3S/c12-8-2-9(13)4-10(3-8)15-5-7(1-11(15)16)6-19(14,17)18/h2-4,7H,1,5-6H2. The number of amides is 1.